The molecule has 2 aliphatic heterocycles. The molecule has 0 aliphatic carbocycles. The van der Waals surface area contributed by atoms with E-state index in [9.17, 15) is 0 Å². The normalized spacial score (nSPS) is 24.1. The Morgan fingerprint density at radius 1 is 1.04 bits per heavy atom. The molecule has 0 unspecified atom stereocenters. The third-order valence-electron chi connectivity index (χ3n) is 4.75. The zero-order valence-electron chi connectivity index (χ0n) is 14.5. The molecule has 6 heteroatoms. The van der Waals surface area contributed by atoms with E-state index < -0.39 is 0 Å². The van der Waals surface area contributed by atoms with E-state index in [2.05, 4.69) is 35.8 Å². The van der Waals surface area contributed by atoms with Gasteiger partial charge in [-0.05, 0) is 19.8 Å². The Morgan fingerprint density at radius 2 is 1.65 bits per heavy atom. The van der Waals surface area contributed by atoms with Crippen molar-refractivity contribution in [2.45, 2.75) is 19.8 Å². The number of ether oxygens (including phenoxy) is 2. The Kier molecular flexibility index (Phi) is 5.33. The second-order valence-corrected chi connectivity index (χ2v) is 6.90. The first kappa shape index (κ1) is 16.5. The average molecular weight is 320 g/mol. The Bertz CT molecular complexity index is 513. The van der Waals surface area contributed by atoms with Crippen LogP contribution in [0.15, 0.2) is 6.20 Å². The molecular formula is C17H28N4O2. The van der Waals surface area contributed by atoms with Crippen LogP contribution in [0.1, 0.15) is 18.4 Å². The Morgan fingerprint density at radius 3 is 2.22 bits per heavy atom. The molecular weight excluding hydrogens is 292 g/mol. The molecule has 23 heavy (non-hydrogen) atoms. The van der Waals surface area contributed by atoms with Crippen molar-refractivity contribution in [3.63, 3.8) is 0 Å². The number of aromatic nitrogens is 2. The van der Waals surface area contributed by atoms with Gasteiger partial charge >= 0.3 is 0 Å². The van der Waals surface area contributed by atoms with Crippen molar-refractivity contribution in [3.05, 3.63) is 11.8 Å². The highest BCUT2D eigenvalue weighted by Crippen LogP contribution is 2.23. The summed E-state index contributed by atoms with van der Waals surface area (Å²) in [6.45, 7) is 7.49. The summed E-state index contributed by atoms with van der Waals surface area (Å²) in [6, 6.07) is 0. The number of rotatable bonds is 6. The van der Waals surface area contributed by atoms with Crippen LogP contribution in [0.25, 0.3) is 0 Å². The topological polar surface area (TPSA) is 50.7 Å². The van der Waals surface area contributed by atoms with Gasteiger partial charge in [0.1, 0.15) is 5.82 Å². The molecule has 2 saturated heterocycles. The second-order valence-electron chi connectivity index (χ2n) is 6.90. The predicted molar refractivity (Wildman–Crippen MR) is 91.2 cm³/mol. The minimum atomic E-state index is 0.585. The maximum atomic E-state index is 5.48. The molecule has 1 aromatic rings. The summed E-state index contributed by atoms with van der Waals surface area (Å²) in [5.74, 6) is 3.01. The van der Waals surface area contributed by atoms with Gasteiger partial charge < -0.3 is 19.3 Å². The van der Waals surface area contributed by atoms with Crippen LogP contribution < -0.4 is 9.80 Å². The Labute approximate surface area is 138 Å². The first-order valence-electron chi connectivity index (χ1n) is 8.55. The number of hydrogen-bond acceptors (Lipinski definition) is 6. The van der Waals surface area contributed by atoms with E-state index in [4.69, 9.17) is 14.5 Å². The lowest BCUT2D eigenvalue weighted by Crippen LogP contribution is -2.30. The molecule has 6 nitrogen and oxygen atoms in total. The molecule has 2 fully saturated rings. The molecule has 0 radical (unpaired) electrons. The minimum Gasteiger partial charge on any atom is -0.381 e. The van der Waals surface area contributed by atoms with Gasteiger partial charge in [-0.3, -0.25) is 0 Å². The number of nitrogens with zero attached hydrogens (tertiary/aromatic N) is 4. The molecule has 0 aromatic carbocycles. The zero-order chi connectivity index (χ0) is 16.2. The summed E-state index contributed by atoms with van der Waals surface area (Å²) < 4.78 is 10.9. The quantitative estimate of drug-likeness (QED) is 0.796. The largest absolute Gasteiger partial charge is 0.381 e. The lowest BCUT2D eigenvalue weighted by Gasteiger charge is -2.25. The van der Waals surface area contributed by atoms with E-state index >= 15 is 0 Å². The maximum absolute atomic E-state index is 5.48. The third kappa shape index (κ3) is 4.12. The van der Waals surface area contributed by atoms with Gasteiger partial charge in [0.05, 0.1) is 13.2 Å². The maximum Gasteiger partial charge on any atom is 0.227 e. The van der Waals surface area contributed by atoms with Crippen LogP contribution in [0.5, 0.6) is 0 Å². The van der Waals surface area contributed by atoms with Gasteiger partial charge in [-0.1, -0.05) is 0 Å². The van der Waals surface area contributed by atoms with E-state index in [0.29, 0.717) is 11.8 Å². The third-order valence-corrected chi connectivity index (χ3v) is 4.75. The fraction of sp³-hybridized carbons (Fsp3) is 0.765. The van der Waals surface area contributed by atoms with E-state index in [-0.39, 0.29) is 0 Å². The first-order valence-corrected chi connectivity index (χ1v) is 8.55. The van der Waals surface area contributed by atoms with Gasteiger partial charge in [0, 0.05) is 64.0 Å². The molecule has 0 N–H and O–H groups in total. The van der Waals surface area contributed by atoms with Crippen molar-refractivity contribution in [3.8, 4) is 0 Å². The van der Waals surface area contributed by atoms with E-state index in [1.807, 2.05) is 6.20 Å². The number of aryl methyl sites for hydroxylation is 1. The first-order chi connectivity index (χ1) is 11.1. The van der Waals surface area contributed by atoms with Crippen LogP contribution in [0.2, 0.25) is 0 Å². The van der Waals surface area contributed by atoms with E-state index in [1.165, 1.54) is 0 Å². The number of anilines is 2. The SMILES string of the molecule is Cc1cnc(N(C)C[C@H]2CCOC2)nc1N(C)C[C@H]1CCOC1. The van der Waals surface area contributed by atoms with Crippen LogP contribution >= 0.6 is 0 Å². The summed E-state index contributed by atoms with van der Waals surface area (Å²) in [7, 11) is 4.18. The van der Waals surface area contributed by atoms with Crippen molar-refractivity contribution in [2.24, 2.45) is 11.8 Å². The molecule has 0 bridgehead atoms. The molecule has 2 atom stereocenters. The summed E-state index contributed by atoms with van der Waals surface area (Å²) in [4.78, 5) is 13.7. The molecule has 3 heterocycles. The van der Waals surface area contributed by atoms with Crippen LogP contribution in [0.4, 0.5) is 11.8 Å². The molecule has 2 aliphatic rings. The lowest BCUT2D eigenvalue weighted by molar-refractivity contribution is 0.186. The van der Waals surface area contributed by atoms with Crippen molar-refractivity contribution >= 4 is 11.8 Å². The molecule has 0 spiro atoms. The highest BCUT2D eigenvalue weighted by Gasteiger charge is 2.21. The van der Waals surface area contributed by atoms with E-state index in [0.717, 1.165) is 69.7 Å². The minimum absolute atomic E-state index is 0.585. The second kappa shape index (κ2) is 7.45. The van der Waals surface area contributed by atoms with Gasteiger partial charge in [-0.15, -0.1) is 0 Å². The van der Waals surface area contributed by atoms with Crippen LogP contribution in [-0.2, 0) is 9.47 Å². The molecule has 0 saturated carbocycles. The summed E-state index contributed by atoms with van der Waals surface area (Å²) in [6.07, 6.45) is 4.20. The summed E-state index contributed by atoms with van der Waals surface area (Å²) in [5.41, 5.74) is 1.12. The van der Waals surface area contributed by atoms with Crippen molar-refractivity contribution in [2.75, 3.05) is 63.4 Å². The van der Waals surface area contributed by atoms with Crippen LogP contribution in [0.3, 0.4) is 0 Å². The van der Waals surface area contributed by atoms with Gasteiger partial charge in [0.2, 0.25) is 5.95 Å². The van der Waals surface area contributed by atoms with E-state index in [1.54, 1.807) is 0 Å². The van der Waals surface area contributed by atoms with Crippen molar-refractivity contribution in [1.82, 2.24) is 9.97 Å². The smallest absolute Gasteiger partial charge is 0.227 e. The van der Waals surface area contributed by atoms with Gasteiger partial charge in [0.25, 0.3) is 0 Å². The van der Waals surface area contributed by atoms with Gasteiger partial charge in [0.15, 0.2) is 0 Å². The molecule has 0 amide bonds. The van der Waals surface area contributed by atoms with Gasteiger partial charge in [-0.25, -0.2) is 4.98 Å². The van der Waals surface area contributed by atoms with Crippen molar-refractivity contribution in [1.29, 1.82) is 0 Å². The summed E-state index contributed by atoms with van der Waals surface area (Å²) in [5, 5.41) is 0. The summed E-state index contributed by atoms with van der Waals surface area (Å²) >= 11 is 0. The highest BCUT2D eigenvalue weighted by atomic mass is 16.5. The lowest BCUT2D eigenvalue weighted by atomic mass is 10.1. The Hall–Kier alpha value is -1.40. The molecule has 3 rings (SSSR count). The molecule has 128 valence electrons. The van der Waals surface area contributed by atoms with Gasteiger partial charge in [-0.2, -0.15) is 4.98 Å². The van der Waals surface area contributed by atoms with Crippen molar-refractivity contribution < 1.29 is 9.47 Å². The van der Waals surface area contributed by atoms with Crippen LogP contribution in [-0.4, -0.2) is 63.6 Å². The fourth-order valence-corrected chi connectivity index (χ4v) is 3.39. The number of hydrogen-bond donors (Lipinski definition) is 0. The zero-order valence-corrected chi connectivity index (χ0v) is 14.5. The average Bonchev–Trinajstić information content (AvgIpc) is 3.21. The monoisotopic (exact) mass is 320 g/mol. The standard InChI is InChI=1S/C17H28N4O2/c1-13-8-18-17(21(3)10-15-5-7-23-12-15)19-16(13)20(2)9-14-4-6-22-11-14/h8,14-15H,4-7,9-12H2,1-3H3/t14-,15-/m1/s1. The molecule has 1 aromatic heterocycles. The highest BCUT2D eigenvalue weighted by molar-refractivity contribution is 5.49. The predicted octanol–water partition coefficient (Wildman–Crippen LogP) is 1.73. The fourth-order valence-electron chi connectivity index (χ4n) is 3.39. The Balaban J connectivity index is 1.67. The van der Waals surface area contributed by atoms with Crippen LogP contribution in [0, 0.1) is 18.8 Å².